The number of amides is 2. The zero-order valence-corrected chi connectivity index (χ0v) is 12.2. The maximum absolute atomic E-state index is 11.8. The second-order valence-corrected chi connectivity index (χ2v) is 4.89. The fourth-order valence-corrected chi connectivity index (χ4v) is 1.92. The molecule has 0 spiro atoms. The minimum Gasteiger partial charge on any atom is -0.472 e. The van der Waals surface area contributed by atoms with E-state index in [1.54, 1.807) is 24.3 Å². The molecule has 0 aliphatic heterocycles. The predicted octanol–water partition coefficient (Wildman–Crippen LogP) is 3.00. The van der Waals surface area contributed by atoms with E-state index in [0.29, 0.717) is 16.3 Å². The number of carbonyl (C=O) groups is 2. The third-order valence-corrected chi connectivity index (χ3v) is 3.37. The van der Waals surface area contributed by atoms with Gasteiger partial charge in [0.1, 0.15) is 6.26 Å². The zero-order valence-electron chi connectivity index (χ0n) is 11.5. The quantitative estimate of drug-likeness (QED) is 0.892. The van der Waals surface area contributed by atoms with Gasteiger partial charge < -0.3 is 15.1 Å². The monoisotopic (exact) mass is 306 g/mol. The molecule has 0 atom stereocenters. The summed E-state index contributed by atoms with van der Waals surface area (Å²) in [5.74, 6) is -0.455. The predicted molar refractivity (Wildman–Crippen MR) is 80.5 cm³/mol. The lowest BCUT2D eigenvalue weighted by Crippen LogP contribution is -2.27. The van der Waals surface area contributed by atoms with Crippen molar-refractivity contribution in [2.45, 2.75) is 13.3 Å². The smallest absolute Gasteiger partial charge is 0.254 e. The summed E-state index contributed by atoms with van der Waals surface area (Å²) in [5.41, 5.74) is 1.92. The van der Waals surface area contributed by atoms with Crippen LogP contribution in [-0.2, 0) is 4.79 Å². The minimum atomic E-state index is -0.268. The van der Waals surface area contributed by atoms with Crippen molar-refractivity contribution in [2.24, 2.45) is 0 Å². The molecule has 2 N–H and O–H groups in total. The van der Waals surface area contributed by atoms with Crippen molar-refractivity contribution in [1.29, 1.82) is 0 Å². The third kappa shape index (κ3) is 4.10. The van der Waals surface area contributed by atoms with Crippen LogP contribution >= 0.6 is 11.6 Å². The number of carbonyl (C=O) groups excluding carboxylic acids is 2. The standard InChI is InChI=1S/C15H15ClN2O3/c1-10-12(16)3-2-4-13(10)18-14(19)5-7-17-15(20)11-6-8-21-9-11/h2-4,6,8-9H,5,7H2,1H3,(H,17,20)(H,18,19). The summed E-state index contributed by atoms with van der Waals surface area (Å²) in [7, 11) is 0. The largest absolute Gasteiger partial charge is 0.472 e. The lowest BCUT2D eigenvalue weighted by Gasteiger charge is -2.09. The molecule has 2 amide bonds. The second kappa shape index (κ2) is 6.95. The molecule has 1 heterocycles. The highest BCUT2D eigenvalue weighted by molar-refractivity contribution is 6.31. The van der Waals surface area contributed by atoms with Crippen molar-refractivity contribution >= 4 is 29.1 Å². The molecule has 0 unspecified atom stereocenters. The van der Waals surface area contributed by atoms with E-state index >= 15 is 0 Å². The van der Waals surface area contributed by atoms with E-state index in [1.165, 1.54) is 12.5 Å². The summed E-state index contributed by atoms with van der Waals surface area (Å²) >= 11 is 5.98. The summed E-state index contributed by atoms with van der Waals surface area (Å²) in [6.45, 7) is 2.08. The van der Waals surface area contributed by atoms with Crippen molar-refractivity contribution in [2.75, 3.05) is 11.9 Å². The van der Waals surface area contributed by atoms with Gasteiger partial charge in [0.2, 0.25) is 5.91 Å². The van der Waals surface area contributed by atoms with E-state index in [4.69, 9.17) is 16.0 Å². The molecule has 6 heteroatoms. The van der Waals surface area contributed by atoms with Crippen molar-refractivity contribution < 1.29 is 14.0 Å². The summed E-state index contributed by atoms with van der Waals surface area (Å²) in [6, 6.07) is 6.87. The topological polar surface area (TPSA) is 71.3 Å². The molecule has 2 aromatic rings. The third-order valence-electron chi connectivity index (χ3n) is 2.96. The van der Waals surface area contributed by atoms with Crippen LogP contribution in [0.4, 0.5) is 5.69 Å². The Morgan fingerprint density at radius 2 is 2.10 bits per heavy atom. The molecule has 0 fully saturated rings. The SMILES string of the molecule is Cc1c(Cl)cccc1NC(=O)CCNC(=O)c1ccoc1. The number of furan rings is 1. The van der Waals surface area contributed by atoms with Gasteiger partial charge in [0.05, 0.1) is 11.8 Å². The van der Waals surface area contributed by atoms with Crippen LogP contribution in [-0.4, -0.2) is 18.4 Å². The van der Waals surface area contributed by atoms with E-state index < -0.39 is 0 Å². The van der Waals surface area contributed by atoms with Crippen LogP contribution in [0.1, 0.15) is 22.3 Å². The highest BCUT2D eigenvalue weighted by atomic mass is 35.5. The number of hydrogen-bond donors (Lipinski definition) is 2. The first-order chi connectivity index (χ1) is 10.1. The summed E-state index contributed by atoms with van der Waals surface area (Å²) in [4.78, 5) is 23.4. The fourth-order valence-electron chi connectivity index (χ4n) is 1.74. The molecule has 0 bridgehead atoms. The van der Waals surface area contributed by atoms with Crippen molar-refractivity contribution in [3.63, 3.8) is 0 Å². The Bertz CT molecular complexity index is 638. The highest BCUT2D eigenvalue weighted by Gasteiger charge is 2.09. The van der Waals surface area contributed by atoms with Crippen LogP contribution in [0.25, 0.3) is 0 Å². The molecule has 1 aromatic heterocycles. The number of nitrogens with one attached hydrogen (secondary N) is 2. The Hall–Kier alpha value is -2.27. The molecule has 0 aliphatic carbocycles. The first-order valence-electron chi connectivity index (χ1n) is 6.43. The number of halogens is 1. The summed E-state index contributed by atoms with van der Waals surface area (Å²) in [5, 5.41) is 6.01. The molecular formula is C15H15ClN2O3. The molecule has 0 radical (unpaired) electrons. The van der Waals surface area contributed by atoms with Gasteiger partial charge in [-0.2, -0.15) is 0 Å². The molecule has 2 rings (SSSR count). The molecule has 0 saturated carbocycles. The molecule has 0 saturated heterocycles. The summed E-state index contributed by atoms with van der Waals surface area (Å²) < 4.78 is 4.81. The van der Waals surface area contributed by atoms with Gasteiger partial charge in [-0.3, -0.25) is 9.59 Å². The van der Waals surface area contributed by atoms with Crippen LogP contribution in [0.3, 0.4) is 0 Å². The van der Waals surface area contributed by atoms with E-state index in [-0.39, 0.29) is 24.8 Å². The summed E-state index contributed by atoms with van der Waals surface area (Å²) in [6.07, 6.45) is 2.95. The van der Waals surface area contributed by atoms with Crippen LogP contribution in [0.2, 0.25) is 5.02 Å². The van der Waals surface area contributed by atoms with Gasteiger partial charge in [0.15, 0.2) is 0 Å². The molecule has 21 heavy (non-hydrogen) atoms. The van der Waals surface area contributed by atoms with Crippen LogP contribution in [0, 0.1) is 6.92 Å². The van der Waals surface area contributed by atoms with Gasteiger partial charge in [-0.05, 0) is 30.7 Å². The fraction of sp³-hybridized carbons (Fsp3) is 0.200. The first kappa shape index (κ1) is 15.1. The van der Waals surface area contributed by atoms with Crippen LogP contribution < -0.4 is 10.6 Å². The molecule has 0 aliphatic rings. The average molecular weight is 307 g/mol. The number of anilines is 1. The Morgan fingerprint density at radius 1 is 1.29 bits per heavy atom. The first-order valence-corrected chi connectivity index (χ1v) is 6.81. The van der Waals surface area contributed by atoms with Crippen molar-refractivity contribution in [3.8, 4) is 0 Å². The van der Waals surface area contributed by atoms with Crippen LogP contribution in [0.15, 0.2) is 41.2 Å². The Balaban J connectivity index is 1.80. The Labute approximate surface area is 127 Å². The zero-order chi connectivity index (χ0) is 15.2. The van der Waals surface area contributed by atoms with Gasteiger partial charge in [0.25, 0.3) is 5.91 Å². The van der Waals surface area contributed by atoms with Gasteiger partial charge in [-0.1, -0.05) is 17.7 Å². The molecular weight excluding hydrogens is 292 g/mol. The number of benzene rings is 1. The van der Waals surface area contributed by atoms with Gasteiger partial charge in [-0.15, -0.1) is 0 Å². The van der Waals surface area contributed by atoms with E-state index in [1.807, 2.05) is 6.92 Å². The molecule has 1 aromatic carbocycles. The second-order valence-electron chi connectivity index (χ2n) is 4.48. The van der Waals surface area contributed by atoms with Gasteiger partial charge >= 0.3 is 0 Å². The maximum Gasteiger partial charge on any atom is 0.254 e. The normalized spacial score (nSPS) is 10.2. The Morgan fingerprint density at radius 3 is 2.81 bits per heavy atom. The van der Waals surface area contributed by atoms with Gasteiger partial charge in [0, 0.05) is 23.7 Å². The van der Waals surface area contributed by atoms with Gasteiger partial charge in [-0.25, -0.2) is 0 Å². The lowest BCUT2D eigenvalue weighted by molar-refractivity contribution is -0.116. The van der Waals surface area contributed by atoms with Crippen molar-refractivity contribution in [3.05, 3.63) is 52.9 Å². The number of rotatable bonds is 5. The molecule has 110 valence electrons. The Kier molecular flexibility index (Phi) is 5.00. The van der Waals surface area contributed by atoms with E-state index in [2.05, 4.69) is 10.6 Å². The van der Waals surface area contributed by atoms with E-state index in [9.17, 15) is 9.59 Å². The number of hydrogen-bond acceptors (Lipinski definition) is 3. The van der Waals surface area contributed by atoms with Crippen LogP contribution in [0.5, 0.6) is 0 Å². The average Bonchev–Trinajstić information content (AvgIpc) is 2.98. The lowest BCUT2D eigenvalue weighted by atomic mass is 10.2. The van der Waals surface area contributed by atoms with Crippen molar-refractivity contribution in [1.82, 2.24) is 5.32 Å². The van der Waals surface area contributed by atoms with E-state index in [0.717, 1.165) is 5.56 Å². The molecule has 5 nitrogen and oxygen atoms in total. The minimum absolute atomic E-state index is 0.176. The highest BCUT2D eigenvalue weighted by Crippen LogP contribution is 2.22. The maximum atomic E-state index is 11.8.